The average molecular weight is 431 g/mol. The molecule has 160 valence electrons. The third kappa shape index (κ3) is 4.44. The van der Waals surface area contributed by atoms with E-state index in [0.29, 0.717) is 35.7 Å². The van der Waals surface area contributed by atoms with Gasteiger partial charge in [0.05, 0.1) is 18.0 Å². The molecule has 0 unspecified atom stereocenters. The second-order valence-electron chi connectivity index (χ2n) is 7.92. The van der Waals surface area contributed by atoms with Crippen LogP contribution >= 0.6 is 0 Å². The number of benzene rings is 2. The highest BCUT2D eigenvalue weighted by Gasteiger charge is 2.27. The molecule has 1 aliphatic heterocycles. The zero-order chi connectivity index (χ0) is 21.3. The van der Waals surface area contributed by atoms with Gasteiger partial charge in [0.15, 0.2) is 0 Å². The second kappa shape index (κ2) is 8.28. The summed E-state index contributed by atoms with van der Waals surface area (Å²) >= 11 is 0. The summed E-state index contributed by atoms with van der Waals surface area (Å²) in [7, 11) is -3.31. The van der Waals surface area contributed by atoms with Gasteiger partial charge in [-0.05, 0) is 73.7 Å². The number of fused-ring (bicyclic) bond motifs is 1. The molecule has 1 heterocycles. The van der Waals surface area contributed by atoms with E-state index in [1.165, 1.54) is 10.6 Å². The minimum absolute atomic E-state index is 0.183. The van der Waals surface area contributed by atoms with Crippen LogP contribution in [-0.2, 0) is 16.4 Å². The molecule has 8 heteroatoms. The number of nitrogens with one attached hydrogen (secondary N) is 1. The number of hydrogen-bond donors (Lipinski definition) is 2. The number of carbonyl (C=O) groups excluding carboxylic acids is 1. The molecule has 0 spiro atoms. The summed E-state index contributed by atoms with van der Waals surface area (Å²) in [6.45, 7) is 0.399. The van der Waals surface area contributed by atoms with Crippen molar-refractivity contribution in [2.75, 3.05) is 22.4 Å². The zero-order valence-corrected chi connectivity index (χ0v) is 17.7. The lowest BCUT2D eigenvalue weighted by Crippen LogP contribution is -2.34. The Morgan fingerprint density at radius 2 is 1.87 bits per heavy atom. The van der Waals surface area contributed by atoms with Crippen LogP contribution < -0.4 is 14.4 Å². The molecule has 2 aromatic rings. The molecule has 1 saturated carbocycles. The summed E-state index contributed by atoms with van der Waals surface area (Å²) in [6.07, 6.45) is 4.84. The van der Waals surface area contributed by atoms with Gasteiger partial charge in [-0.15, -0.1) is 0 Å². The monoisotopic (exact) mass is 430 g/mol. The standard InChI is InChI=1S/C22H26N2O5S/c1-30(27,28)24-13-12-15-14-16(6-11-19(15)24)22(26)23-17-7-9-18(10-8-17)29-21-5-3-2-4-20(21)25/h6-11,14,20-21,25H,2-5,12-13H2,1H3,(H,23,26)/t20-,21-/m0/s1. The maximum atomic E-state index is 12.6. The van der Waals surface area contributed by atoms with Crippen LogP contribution in [0, 0.1) is 0 Å². The van der Waals surface area contributed by atoms with Crippen molar-refractivity contribution in [3.63, 3.8) is 0 Å². The van der Waals surface area contributed by atoms with Gasteiger partial charge in [-0.1, -0.05) is 6.42 Å². The largest absolute Gasteiger partial charge is 0.488 e. The third-order valence-electron chi connectivity index (χ3n) is 5.66. The van der Waals surface area contributed by atoms with Gasteiger partial charge in [-0.25, -0.2) is 8.42 Å². The molecule has 7 nitrogen and oxygen atoms in total. The van der Waals surface area contributed by atoms with Crippen molar-refractivity contribution < 1.29 is 23.1 Å². The maximum absolute atomic E-state index is 12.6. The number of hydrogen-bond acceptors (Lipinski definition) is 5. The molecule has 4 rings (SSSR count). The average Bonchev–Trinajstić information content (AvgIpc) is 3.15. The first-order valence-electron chi connectivity index (χ1n) is 10.2. The Bertz CT molecular complexity index is 1040. The molecule has 1 aliphatic carbocycles. The van der Waals surface area contributed by atoms with E-state index in [1.807, 2.05) is 0 Å². The number of ether oxygens (including phenoxy) is 1. The van der Waals surface area contributed by atoms with Crippen molar-refractivity contribution in [1.82, 2.24) is 0 Å². The Labute approximate surface area is 176 Å². The van der Waals surface area contributed by atoms with E-state index in [0.717, 1.165) is 31.2 Å². The highest BCUT2D eigenvalue weighted by molar-refractivity contribution is 7.92. The number of amides is 1. The van der Waals surface area contributed by atoms with Gasteiger partial charge in [-0.2, -0.15) is 0 Å². The lowest BCUT2D eigenvalue weighted by Gasteiger charge is -2.28. The van der Waals surface area contributed by atoms with E-state index < -0.39 is 16.1 Å². The number of aliphatic hydroxyl groups is 1. The summed E-state index contributed by atoms with van der Waals surface area (Å²) in [4.78, 5) is 12.6. The van der Waals surface area contributed by atoms with Gasteiger partial charge in [0.1, 0.15) is 11.9 Å². The van der Waals surface area contributed by atoms with Crippen LogP contribution in [0.3, 0.4) is 0 Å². The lowest BCUT2D eigenvalue weighted by molar-refractivity contribution is 0.00688. The van der Waals surface area contributed by atoms with Crippen LogP contribution in [0.4, 0.5) is 11.4 Å². The molecule has 2 aromatic carbocycles. The Morgan fingerprint density at radius 1 is 1.13 bits per heavy atom. The van der Waals surface area contributed by atoms with E-state index in [4.69, 9.17) is 4.74 Å². The number of sulfonamides is 1. The van der Waals surface area contributed by atoms with Gasteiger partial charge >= 0.3 is 0 Å². The Hall–Kier alpha value is -2.58. The van der Waals surface area contributed by atoms with Crippen molar-refractivity contribution in [3.05, 3.63) is 53.6 Å². The summed E-state index contributed by atoms with van der Waals surface area (Å²) < 4.78 is 31.0. The molecular weight excluding hydrogens is 404 g/mol. The van der Waals surface area contributed by atoms with Crippen molar-refractivity contribution in [2.45, 2.75) is 44.3 Å². The van der Waals surface area contributed by atoms with Gasteiger partial charge in [0, 0.05) is 17.8 Å². The molecule has 0 bridgehead atoms. The Balaban J connectivity index is 1.41. The fraction of sp³-hybridized carbons (Fsp3) is 0.409. The molecule has 1 fully saturated rings. The van der Waals surface area contributed by atoms with Crippen molar-refractivity contribution in [1.29, 1.82) is 0 Å². The predicted octanol–water partition coefficient (Wildman–Crippen LogP) is 2.94. The minimum atomic E-state index is -3.31. The Morgan fingerprint density at radius 3 is 2.57 bits per heavy atom. The molecule has 1 amide bonds. The SMILES string of the molecule is CS(=O)(=O)N1CCc2cc(C(=O)Nc3ccc(O[C@H]4CCCC[C@@H]4O)cc3)ccc21. The molecule has 0 aromatic heterocycles. The minimum Gasteiger partial charge on any atom is -0.488 e. The highest BCUT2D eigenvalue weighted by Crippen LogP contribution is 2.31. The molecule has 2 N–H and O–H groups in total. The smallest absolute Gasteiger partial charge is 0.255 e. The van der Waals surface area contributed by atoms with Crippen molar-refractivity contribution >= 4 is 27.3 Å². The van der Waals surface area contributed by atoms with Crippen LogP contribution in [0.2, 0.25) is 0 Å². The van der Waals surface area contributed by atoms with Crippen LogP contribution in [0.5, 0.6) is 5.75 Å². The zero-order valence-electron chi connectivity index (χ0n) is 16.9. The van der Waals surface area contributed by atoms with Crippen LogP contribution in [0.15, 0.2) is 42.5 Å². The topological polar surface area (TPSA) is 95.9 Å². The quantitative estimate of drug-likeness (QED) is 0.760. The van der Waals surface area contributed by atoms with E-state index in [1.54, 1.807) is 42.5 Å². The molecule has 0 saturated heterocycles. The predicted molar refractivity (Wildman–Crippen MR) is 116 cm³/mol. The maximum Gasteiger partial charge on any atom is 0.255 e. The van der Waals surface area contributed by atoms with E-state index in [9.17, 15) is 18.3 Å². The first-order chi connectivity index (χ1) is 14.3. The Kier molecular flexibility index (Phi) is 5.71. The summed E-state index contributed by atoms with van der Waals surface area (Å²) in [5, 5.41) is 12.9. The van der Waals surface area contributed by atoms with Crippen LogP contribution in [0.1, 0.15) is 41.6 Å². The number of carbonyl (C=O) groups is 1. The second-order valence-corrected chi connectivity index (χ2v) is 9.82. The normalized spacial score (nSPS) is 21.2. The van der Waals surface area contributed by atoms with E-state index in [2.05, 4.69) is 5.32 Å². The van der Waals surface area contributed by atoms with E-state index >= 15 is 0 Å². The van der Waals surface area contributed by atoms with Crippen LogP contribution in [-0.4, -0.2) is 44.4 Å². The van der Waals surface area contributed by atoms with Gasteiger partial charge in [0.25, 0.3) is 5.91 Å². The number of rotatable bonds is 5. The van der Waals surface area contributed by atoms with Crippen molar-refractivity contribution in [3.8, 4) is 5.75 Å². The van der Waals surface area contributed by atoms with Gasteiger partial charge in [-0.3, -0.25) is 9.10 Å². The molecule has 2 aliphatic rings. The molecule has 2 atom stereocenters. The molecular formula is C22H26N2O5S. The van der Waals surface area contributed by atoms with E-state index in [-0.39, 0.29) is 12.0 Å². The van der Waals surface area contributed by atoms with Crippen molar-refractivity contribution in [2.24, 2.45) is 0 Å². The van der Waals surface area contributed by atoms with Gasteiger partial charge in [0.2, 0.25) is 10.0 Å². The molecule has 0 radical (unpaired) electrons. The molecule has 30 heavy (non-hydrogen) atoms. The summed E-state index contributed by atoms with van der Waals surface area (Å²) in [5.41, 5.74) is 2.60. The number of aliphatic hydroxyl groups excluding tert-OH is 1. The highest BCUT2D eigenvalue weighted by atomic mass is 32.2. The number of nitrogens with zero attached hydrogens (tertiary/aromatic N) is 1. The lowest BCUT2D eigenvalue weighted by atomic mass is 9.95. The first kappa shape index (κ1) is 20.7. The fourth-order valence-electron chi connectivity index (χ4n) is 4.07. The third-order valence-corrected chi connectivity index (χ3v) is 6.84. The fourth-order valence-corrected chi connectivity index (χ4v) is 5.03. The number of anilines is 2. The summed E-state index contributed by atoms with van der Waals surface area (Å²) in [5.74, 6) is 0.407. The first-order valence-corrected chi connectivity index (χ1v) is 12.0. The summed E-state index contributed by atoms with van der Waals surface area (Å²) in [6, 6.07) is 12.2. The van der Waals surface area contributed by atoms with Crippen LogP contribution in [0.25, 0.3) is 0 Å². The van der Waals surface area contributed by atoms with Gasteiger partial charge < -0.3 is 15.2 Å².